The Labute approximate surface area is 254 Å². The van der Waals surface area contributed by atoms with Crippen molar-refractivity contribution >= 4 is 17.6 Å². The van der Waals surface area contributed by atoms with Crippen LogP contribution in [0.3, 0.4) is 0 Å². The van der Waals surface area contributed by atoms with Crippen molar-refractivity contribution in [3.63, 3.8) is 0 Å². The van der Waals surface area contributed by atoms with Crippen molar-refractivity contribution < 1.29 is 28.5 Å². The maximum absolute atomic E-state index is 13.0. The van der Waals surface area contributed by atoms with Crippen LogP contribution in [-0.4, -0.2) is 19.2 Å². The number of fused-ring (bicyclic) bond motifs is 1. The van der Waals surface area contributed by atoms with Crippen LogP contribution in [0.15, 0.2) is 96.4 Å². The molecule has 0 saturated heterocycles. The number of allylic oxidation sites excluding steroid dienone is 1. The first kappa shape index (κ1) is 29.4. The molecule has 4 aromatic carbocycles. The number of ether oxygens (including phenoxy) is 5. The smallest absolute Gasteiger partial charge is 0.347 e. The standard InChI is InChI=1S/C34H29ClN2O6/c1-3-39-28-8-6-5-7-26(28)34(38)42-24-14-15-25-30(18-24)43-33(37)27(19-36)32(25)22-11-16-29(31(17-22)40-4-2)41-20-21-9-12-23(35)13-10-21/h5-18,32H,3-4,20,37H2,1-2H3. The quantitative estimate of drug-likeness (QED) is 0.152. The number of hydrogen-bond acceptors (Lipinski definition) is 8. The maximum atomic E-state index is 13.0. The summed E-state index contributed by atoms with van der Waals surface area (Å²) < 4.78 is 29.0. The van der Waals surface area contributed by atoms with E-state index >= 15 is 0 Å². The highest BCUT2D eigenvalue weighted by atomic mass is 35.5. The molecule has 0 radical (unpaired) electrons. The number of carbonyl (C=O) groups is 1. The van der Waals surface area contributed by atoms with E-state index in [1.807, 2.05) is 56.3 Å². The summed E-state index contributed by atoms with van der Waals surface area (Å²) in [5.74, 6) is 0.963. The van der Waals surface area contributed by atoms with Gasteiger partial charge in [-0.2, -0.15) is 5.26 Å². The summed E-state index contributed by atoms with van der Waals surface area (Å²) in [4.78, 5) is 13.0. The van der Waals surface area contributed by atoms with Gasteiger partial charge in [0.2, 0.25) is 5.88 Å². The van der Waals surface area contributed by atoms with E-state index in [9.17, 15) is 10.1 Å². The highest BCUT2D eigenvalue weighted by Crippen LogP contribution is 2.45. The normalized spacial score (nSPS) is 13.8. The largest absolute Gasteiger partial charge is 0.493 e. The van der Waals surface area contributed by atoms with Crippen LogP contribution in [-0.2, 0) is 6.61 Å². The van der Waals surface area contributed by atoms with Crippen molar-refractivity contribution in [3.8, 4) is 34.8 Å². The van der Waals surface area contributed by atoms with Gasteiger partial charge in [0.05, 0.1) is 19.1 Å². The average molecular weight is 597 g/mol. The summed E-state index contributed by atoms with van der Waals surface area (Å²) in [7, 11) is 0. The fraction of sp³-hybridized carbons (Fsp3) is 0.176. The molecule has 43 heavy (non-hydrogen) atoms. The van der Waals surface area contributed by atoms with E-state index in [2.05, 4.69) is 6.07 Å². The second kappa shape index (κ2) is 13.2. The predicted molar refractivity (Wildman–Crippen MR) is 162 cm³/mol. The molecule has 0 fully saturated rings. The van der Waals surface area contributed by atoms with Crippen LogP contribution < -0.4 is 29.4 Å². The summed E-state index contributed by atoms with van der Waals surface area (Å²) in [6.45, 7) is 4.87. The summed E-state index contributed by atoms with van der Waals surface area (Å²) in [6.07, 6.45) is 0. The number of esters is 1. The van der Waals surface area contributed by atoms with E-state index in [1.165, 1.54) is 0 Å². The number of nitriles is 1. The molecule has 9 heteroatoms. The van der Waals surface area contributed by atoms with E-state index in [1.54, 1.807) is 42.5 Å². The van der Waals surface area contributed by atoms with Crippen molar-refractivity contribution in [1.82, 2.24) is 0 Å². The van der Waals surface area contributed by atoms with Gasteiger partial charge >= 0.3 is 5.97 Å². The molecule has 0 aliphatic carbocycles. The average Bonchev–Trinajstić information content (AvgIpc) is 3.01. The van der Waals surface area contributed by atoms with Gasteiger partial charge in [-0.15, -0.1) is 0 Å². The Morgan fingerprint density at radius 2 is 1.65 bits per heavy atom. The number of carbonyl (C=O) groups excluding carboxylic acids is 1. The molecule has 0 amide bonds. The molecule has 1 aliphatic heterocycles. The lowest BCUT2D eigenvalue weighted by Crippen LogP contribution is -2.21. The Kier molecular flexibility index (Phi) is 9.04. The minimum atomic E-state index is -0.576. The third-order valence-electron chi connectivity index (χ3n) is 6.72. The SMILES string of the molecule is CCOc1cc(C2C(C#N)=C(N)Oc3cc(OC(=O)c4ccccc4OCC)ccc32)ccc1OCc1ccc(Cl)cc1. The van der Waals surface area contributed by atoms with E-state index in [0.29, 0.717) is 59.0 Å². The van der Waals surface area contributed by atoms with Gasteiger partial charge in [-0.25, -0.2) is 4.79 Å². The molecule has 218 valence electrons. The minimum Gasteiger partial charge on any atom is -0.493 e. The molecular weight excluding hydrogens is 568 g/mol. The molecule has 1 atom stereocenters. The van der Waals surface area contributed by atoms with Gasteiger partial charge in [-0.3, -0.25) is 0 Å². The summed E-state index contributed by atoms with van der Waals surface area (Å²) >= 11 is 6.00. The molecule has 0 bridgehead atoms. The zero-order chi connectivity index (χ0) is 30.3. The van der Waals surface area contributed by atoms with Gasteiger partial charge in [0.25, 0.3) is 0 Å². The monoisotopic (exact) mass is 596 g/mol. The molecule has 1 heterocycles. The number of hydrogen-bond donors (Lipinski definition) is 1. The molecule has 0 spiro atoms. The molecule has 1 aliphatic rings. The zero-order valence-electron chi connectivity index (χ0n) is 23.6. The van der Waals surface area contributed by atoms with Gasteiger partial charge in [-0.05, 0) is 67.4 Å². The Hall–Kier alpha value is -5.13. The first-order chi connectivity index (χ1) is 20.9. The van der Waals surface area contributed by atoms with Crippen molar-refractivity contribution in [3.05, 3.63) is 124 Å². The third kappa shape index (κ3) is 6.53. The lowest BCUT2D eigenvalue weighted by atomic mass is 9.83. The predicted octanol–water partition coefficient (Wildman–Crippen LogP) is 7.15. The van der Waals surface area contributed by atoms with Gasteiger partial charge < -0.3 is 29.4 Å². The highest BCUT2D eigenvalue weighted by molar-refractivity contribution is 6.30. The van der Waals surface area contributed by atoms with Crippen LogP contribution in [0, 0.1) is 11.3 Å². The van der Waals surface area contributed by atoms with Crippen LogP contribution in [0.1, 0.15) is 46.8 Å². The zero-order valence-corrected chi connectivity index (χ0v) is 24.4. The van der Waals surface area contributed by atoms with Gasteiger partial charge in [-0.1, -0.05) is 48.0 Å². The maximum Gasteiger partial charge on any atom is 0.347 e. The molecular formula is C34H29ClN2O6. The van der Waals surface area contributed by atoms with Crippen LogP contribution in [0.5, 0.6) is 28.7 Å². The molecule has 0 aromatic heterocycles. The van der Waals surface area contributed by atoms with Crippen molar-refractivity contribution in [2.75, 3.05) is 13.2 Å². The molecule has 0 saturated carbocycles. The lowest BCUT2D eigenvalue weighted by Gasteiger charge is -2.27. The van der Waals surface area contributed by atoms with Gasteiger partial charge in [0, 0.05) is 16.7 Å². The fourth-order valence-corrected chi connectivity index (χ4v) is 4.88. The van der Waals surface area contributed by atoms with Crippen LogP contribution in [0.4, 0.5) is 0 Å². The third-order valence-corrected chi connectivity index (χ3v) is 6.97. The van der Waals surface area contributed by atoms with Gasteiger partial charge in [0.15, 0.2) is 11.5 Å². The Morgan fingerprint density at radius 1 is 0.907 bits per heavy atom. The van der Waals surface area contributed by atoms with E-state index < -0.39 is 11.9 Å². The molecule has 1 unspecified atom stereocenters. The molecule has 2 N–H and O–H groups in total. The number of nitrogens with zero attached hydrogens (tertiary/aromatic N) is 1. The topological polar surface area (TPSA) is 113 Å². The second-order valence-corrected chi connectivity index (χ2v) is 9.93. The number of halogens is 1. The van der Waals surface area contributed by atoms with Crippen LogP contribution in [0.2, 0.25) is 5.02 Å². The number of rotatable bonds is 10. The van der Waals surface area contributed by atoms with Crippen molar-refractivity contribution in [2.24, 2.45) is 5.73 Å². The first-order valence-electron chi connectivity index (χ1n) is 13.7. The highest BCUT2D eigenvalue weighted by Gasteiger charge is 2.32. The lowest BCUT2D eigenvalue weighted by molar-refractivity contribution is 0.0730. The summed E-state index contributed by atoms with van der Waals surface area (Å²) in [5, 5.41) is 10.7. The Balaban J connectivity index is 1.44. The van der Waals surface area contributed by atoms with E-state index in [0.717, 1.165) is 11.1 Å². The molecule has 4 aromatic rings. The van der Waals surface area contributed by atoms with Gasteiger partial charge in [0.1, 0.15) is 41.1 Å². The van der Waals surface area contributed by atoms with Crippen molar-refractivity contribution in [1.29, 1.82) is 5.26 Å². The van der Waals surface area contributed by atoms with Crippen LogP contribution >= 0.6 is 11.6 Å². The number of nitrogens with two attached hydrogens (primary N) is 1. The Morgan fingerprint density at radius 3 is 2.40 bits per heavy atom. The Bertz CT molecular complexity index is 1710. The minimum absolute atomic E-state index is 0.0359. The first-order valence-corrected chi connectivity index (χ1v) is 14.1. The van der Waals surface area contributed by atoms with Crippen molar-refractivity contribution in [2.45, 2.75) is 26.4 Å². The number of benzene rings is 4. The number of para-hydroxylation sites is 1. The molecule has 8 nitrogen and oxygen atoms in total. The molecule has 5 rings (SSSR count). The summed E-state index contributed by atoms with van der Waals surface area (Å²) in [5.41, 5.74) is 9.16. The van der Waals surface area contributed by atoms with E-state index in [-0.39, 0.29) is 17.2 Å². The summed E-state index contributed by atoms with van der Waals surface area (Å²) in [6, 6.07) is 27.0. The van der Waals surface area contributed by atoms with E-state index in [4.69, 9.17) is 41.0 Å². The fourth-order valence-electron chi connectivity index (χ4n) is 4.75. The second-order valence-electron chi connectivity index (χ2n) is 9.50. The van der Waals surface area contributed by atoms with Crippen LogP contribution in [0.25, 0.3) is 0 Å².